The van der Waals surface area contributed by atoms with Crippen molar-refractivity contribution >= 4 is 64.3 Å². The van der Waals surface area contributed by atoms with E-state index in [-0.39, 0.29) is 101 Å². The third-order valence-corrected chi connectivity index (χ3v) is 16.5. The standard InChI is InChI=1S/C69H99N9O23/c1-7-69(89)50-38-53-62-48(42-78(53)65(86)49(50)43-98-66(69)87)47(46-37-54-55(100-44-99-54)39-52(46)74-62)40-72-58(81)41-73-63(84)51(13-10-11-18-71-67(88)101-68(4,5)6)75-64(85)61(45(2)3)76-57(80)17-21-90-23-25-92-27-29-94-31-33-96-35-36-97-34-32-95-30-28-93-26-24-91-22-19-70-56(79)14-9-8-12-20-77-59(82)15-16-60(77)83/h15-16,37-39,45,51,61,89H,7-14,17-36,40-44H2,1-6H3,(H,70,79)(H,71,88)(H,72,81)(H,73,84)(H,75,85)(H,76,80)/t51-,61-,69-/m0/s1. The number of hydrogen-bond donors (Lipinski definition) is 7. The fraction of sp³-hybridized carbons (Fsp3) is 0.638. The molecule has 3 atom stereocenters. The zero-order chi connectivity index (χ0) is 72.7. The lowest BCUT2D eigenvalue weighted by atomic mass is 9.86. The molecule has 0 unspecified atom stereocenters. The fourth-order valence-electron chi connectivity index (χ4n) is 11.1. The van der Waals surface area contributed by atoms with Gasteiger partial charge in [-0.05, 0) is 82.9 Å². The van der Waals surface area contributed by atoms with Crippen LogP contribution >= 0.6 is 0 Å². The highest BCUT2D eigenvalue weighted by Crippen LogP contribution is 2.43. The van der Waals surface area contributed by atoms with E-state index in [0.717, 1.165) is 6.42 Å². The fourth-order valence-corrected chi connectivity index (χ4v) is 11.1. The number of imide groups is 1. The van der Waals surface area contributed by atoms with Gasteiger partial charge in [0.25, 0.3) is 17.4 Å². The van der Waals surface area contributed by atoms with Crippen molar-refractivity contribution in [1.29, 1.82) is 0 Å². The Bertz CT molecular complexity index is 3390. The Morgan fingerprint density at radius 2 is 1.22 bits per heavy atom. The average Bonchev–Trinajstić information content (AvgIpc) is 1.59. The molecule has 7 N–H and O–H groups in total. The smallest absolute Gasteiger partial charge is 0.407 e. The summed E-state index contributed by atoms with van der Waals surface area (Å²) in [5, 5.41) is 28.6. The van der Waals surface area contributed by atoms with Crippen molar-refractivity contribution < 1.29 is 105 Å². The summed E-state index contributed by atoms with van der Waals surface area (Å²) in [6.07, 6.45) is 5.08. The van der Waals surface area contributed by atoms with E-state index in [9.17, 15) is 53.1 Å². The van der Waals surface area contributed by atoms with Crippen molar-refractivity contribution in [2.75, 3.05) is 139 Å². The van der Waals surface area contributed by atoms with E-state index in [4.69, 9.17) is 61.8 Å². The predicted octanol–water partition coefficient (Wildman–Crippen LogP) is 1.99. The first-order chi connectivity index (χ1) is 48.6. The third-order valence-electron chi connectivity index (χ3n) is 16.5. The van der Waals surface area contributed by atoms with Crippen molar-refractivity contribution in [2.24, 2.45) is 5.92 Å². The Labute approximate surface area is 586 Å². The molecule has 3 aromatic rings. The molecule has 0 bridgehead atoms. The Balaban J connectivity index is 0.734. The molecule has 7 rings (SSSR count). The first kappa shape index (κ1) is 80.1. The number of alkyl carbamates (subject to hydrolysis) is 1. The Kier molecular flexibility index (Phi) is 32.5. The highest BCUT2D eigenvalue weighted by molar-refractivity contribution is 6.12. The lowest BCUT2D eigenvalue weighted by Gasteiger charge is -2.31. The number of pyridine rings is 2. The van der Waals surface area contributed by atoms with Crippen LogP contribution in [0.3, 0.4) is 0 Å². The summed E-state index contributed by atoms with van der Waals surface area (Å²) in [4.78, 5) is 135. The van der Waals surface area contributed by atoms with Crippen LogP contribution in [-0.2, 0) is 111 Å². The maximum atomic E-state index is 14.1. The molecule has 6 heterocycles. The van der Waals surface area contributed by atoms with Gasteiger partial charge in [0, 0.05) is 73.8 Å². The number of fused-ring (bicyclic) bond motifs is 6. The van der Waals surface area contributed by atoms with Gasteiger partial charge in [0.2, 0.25) is 36.3 Å². The maximum absolute atomic E-state index is 14.1. The monoisotopic (exact) mass is 1420 g/mol. The summed E-state index contributed by atoms with van der Waals surface area (Å²) in [6, 6.07) is 2.79. The summed E-state index contributed by atoms with van der Waals surface area (Å²) in [7, 11) is 0. The zero-order valence-electron chi connectivity index (χ0n) is 58.7. The number of hydrogen-bond acceptors (Lipinski definition) is 24. The number of carbonyl (C=O) groups is 9. The summed E-state index contributed by atoms with van der Waals surface area (Å²) < 4.78 is 67.7. The van der Waals surface area contributed by atoms with Crippen LogP contribution in [0.4, 0.5) is 4.79 Å². The molecule has 32 nitrogen and oxygen atoms in total. The molecule has 0 aliphatic carbocycles. The van der Waals surface area contributed by atoms with E-state index in [1.54, 1.807) is 59.7 Å². The van der Waals surface area contributed by atoms with Crippen LogP contribution in [0.15, 0.2) is 35.1 Å². The van der Waals surface area contributed by atoms with Crippen molar-refractivity contribution in [3.8, 4) is 22.9 Å². The number of esters is 1. The number of cyclic esters (lactones) is 1. The molecule has 4 aliphatic rings. The molecular formula is C69H99N9O23. The third kappa shape index (κ3) is 25.1. The second-order valence-electron chi connectivity index (χ2n) is 25.5. The molecule has 8 amide bonds. The molecule has 1 aromatic carbocycles. The number of unbranched alkanes of at least 4 members (excludes halogenated alkanes) is 3. The van der Waals surface area contributed by atoms with E-state index < -0.39 is 77.0 Å². The number of ether oxygens (including phenoxy) is 12. The van der Waals surface area contributed by atoms with Crippen LogP contribution < -0.4 is 46.9 Å². The van der Waals surface area contributed by atoms with Gasteiger partial charge >= 0.3 is 12.1 Å². The van der Waals surface area contributed by atoms with Gasteiger partial charge in [-0.3, -0.25) is 43.3 Å². The van der Waals surface area contributed by atoms with E-state index in [1.165, 1.54) is 21.6 Å². The summed E-state index contributed by atoms with van der Waals surface area (Å²) >= 11 is 0. The van der Waals surface area contributed by atoms with Crippen LogP contribution in [0.5, 0.6) is 11.5 Å². The van der Waals surface area contributed by atoms with Gasteiger partial charge in [0.15, 0.2) is 17.1 Å². The van der Waals surface area contributed by atoms with Crippen LogP contribution in [0.1, 0.15) is 122 Å². The lowest BCUT2D eigenvalue weighted by Crippen LogP contribution is -2.56. The highest BCUT2D eigenvalue weighted by atomic mass is 16.7. The van der Waals surface area contributed by atoms with Gasteiger partial charge in [-0.15, -0.1) is 0 Å². The number of amides is 8. The topological polar surface area (TPSA) is 395 Å². The van der Waals surface area contributed by atoms with Crippen molar-refractivity contribution in [3.63, 3.8) is 0 Å². The molecule has 0 spiro atoms. The average molecular weight is 1420 g/mol. The van der Waals surface area contributed by atoms with Crippen LogP contribution in [0.2, 0.25) is 0 Å². The van der Waals surface area contributed by atoms with Crippen LogP contribution in [-0.4, -0.2) is 229 Å². The number of nitrogens with one attached hydrogen (secondary N) is 6. The minimum Gasteiger partial charge on any atom is -0.458 e. The first-order valence-electron chi connectivity index (χ1n) is 34.5. The van der Waals surface area contributed by atoms with Crippen molar-refractivity contribution in [3.05, 3.63) is 63.0 Å². The number of rotatable bonds is 48. The van der Waals surface area contributed by atoms with E-state index in [1.807, 2.05) is 0 Å². The number of benzene rings is 1. The van der Waals surface area contributed by atoms with Crippen molar-refractivity contribution in [1.82, 2.24) is 46.4 Å². The van der Waals surface area contributed by atoms with Crippen LogP contribution in [0, 0.1) is 5.92 Å². The molecule has 0 saturated carbocycles. The molecular weight excluding hydrogens is 1320 g/mol. The molecule has 558 valence electrons. The molecule has 101 heavy (non-hydrogen) atoms. The quantitative estimate of drug-likeness (QED) is 0.0189. The van der Waals surface area contributed by atoms with Crippen LogP contribution in [0.25, 0.3) is 22.3 Å². The summed E-state index contributed by atoms with van der Waals surface area (Å²) in [5.41, 5.74) is -0.558. The second-order valence-corrected chi connectivity index (χ2v) is 25.5. The summed E-state index contributed by atoms with van der Waals surface area (Å²) in [6.45, 7) is 15.8. The Morgan fingerprint density at radius 1 is 0.624 bits per heavy atom. The molecule has 4 aliphatic heterocycles. The lowest BCUT2D eigenvalue weighted by molar-refractivity contribution is -0.172. The molecule has 0 saturated heterocycles. The van der Waals surface area contributed by atoms with Gasteiger partial charge in [-0.2, -0.15) is 0 Å². The van der Waals surface area contributed by atoms with E-state index in [0.29, 0.717) is 176 Å². The highest BCUT2D eigenvalue weighted by Gasteiger charge is 2.46. The minimum atomic E-state index is -2.05. The number of aromatic nitrogens is 2. The maximum Gasteiger partial charge on any atom is 0.407 e. The minimum absolute atomic E-state index is 0.0219. The van der Waals surface area contributed by atoms with Gasteiger partial charge in [-0.25, -0.2) is 14.6 Å². The second kappa shape index (κ2) is 41.0. The normalized spacial score (nSPS) is 15.6. The van der Waals surface area contributed by atoms with Crippen molar-refractivity contribution in [2.45, 2.75) is 142 Å². The Hall–Kier alpha value is -8.21. The SMILES string of the molecule is CC[C@@]1(O)C(=O)OCc2c1cc1n(c2=O)Cc2c-1nc1cc3c(cc1c2CNC(=O)CNC(=O)[C@H](CCCCNC(=O)OC(C)(C)C)NC(=O)[C@@H](NC(=O)CCOCCOCCOCCOCCOCCOCCOCCOCCNC(=O)CCCCCN1C(=O)C=CC1=O)C(C)C)OCO3. The number of nitrogens with zero attached hydrogens (tertiary/aromatic N) is 3. The largest absolute Gasteiger partial charge is 0.458 e. The molecule has 32 heteroatoms. The zero-order valence-corrected chi connectivity index (χ0v) is 58.7. The molecule has 2 aromatic heterocycles. The predicted molar refractivity (Wildman–Crippen MR) is 361 cm³/mol. The number of aliphatic hydroxyl groups is 1. The molecule has 0 fully saturated rings. The van der Waals surface area contributed by atoms with E-state index >= 15 is 0 Å². The van der Waals surface area contributed by atoms with E-state index in [2.05, 4.69) is 31.9 Å². The van der Waals surface area contributed by atoms with Gasteiger partial charge in [-0.1, -0.05) is 27.2 Å². The Morgan fingerprint density at radius 3 is 1.81 bits per heavy atom. The summed E-state index contributed by atoms with van der Waals surface area (Å²) in [5.74, 6) is -3.42. The first-order valence-corrected chi connectivity index (χ1v) is 34.5. The van der Waals surface area contributed by atoms with Gasteiger partial charge in [0.05, 0.1) is 141 Å². The van der Waals surface area contributed by atoms with Gasteiger partial charge < -0.3 is 98.4 Å². The molecule has 0 radical (unpaired) electrons. The number of carbonyl (C=O) groups excluding carboxylic acids is 9. The van der Waals surface area contributed by atoms with Gasteiger partial charge in [0.1, 0.15) is 24.3 Å².